The van der Waals surface area contributed by atoms with E-state index in [0.717, 1.165) is 16.9 Å². The molecule has 3 N–H and O–H groups in total. The number of rotatable bonds is 4. The summed E-state index contributed by atoms with van der Waals surface area (Å²) in [5, 5.41) is 3.20. The van der Waals surface area contributed by atoms with E-state index >= 15 is 0 Å². The van der Waals surface area contributed by atoms with Crippen molar-refractivity contribution in [3.63, 3.8) is 0 Å². The van der Waals surface area contributed by atoms with Crippen molar-refractivity contribution in [3.8, 4) is 5.88 Å². The summed E-state index contributed by atoms with van der Waals surface area (Å²) in [6, 6.07) is 3.76. The molecule has 94 valence electrons. The first-order valence-corrected chi connectivity index (χ1v) is 5.50. The van der Waals surface area contributed by atoms with Gasteiger partial charge in [0.2, 0.25) is 5.88 Å². The third kappa shape index (κ3) is 2.65. The minimum atomic E-state index is 0.486. The Morgan fingerprint density at radius 1 is 1.28 bits per heavy atom. The second kappa shape index (κ2) is 5.31. The summed E-state index contributed by atoms with van der Waals surface area (Å²) in [7, 11) is 1.59. The molecule has 0 saturated carbocycles. The van der Waals surface area contributed by atoms with Gasteiger partial charge in [-0.2, -0.15) is 0 Å². The SMILES string of the molecule is COc1ccc(CNc2ncnc(N)c2C)cn1. The van der Waals surface area contributed by atoms with Gasteiger partial charge in [-0.3, -0.25) is 0 Å². The summed E-state index contributed by atoms with van der Waals surface area (Å²) in [4.78, 5) is 12.2. The van der Waals surface area contributed by atoms with Crippen LogP contribution in [0.2, 0.25) is 0 Å². The standard InChI is InChI=1S/C12H15N5O/c1-8-11(13)16-7-17-12(8)15-6-9-3-4-10(18-2)14-5-9/h3-5,7H,6H2,1-2H3,(H3,13,15,16,17). The normalized spacial score (nSPS) is 10.1. The van der Waals surface area contributed by atoms with E-state index in [1.165, 1.54) is 6.33 Å². The molecule has 0 aromatic carbocycles. The van der Waals surface area contributed by atoms with Gasteiger partial charge in [0.15, 0.2) is 0 Å². The second-order valence-electron chi connectivity index (χ2n) is 3.79. The van der Waals surface area contributed by atoms with Crippen molar-refractivity contribution in [2.24, 2.45) is 0 Å². The Morgan fingerprint density at radius 3 is 2.78 bits per heavy atom. The van der Waals surface area contributed by atoms with Crippen molar-refractivity contribution in [2.75, 3.05) is 18.2 Å². The molecule has 0 spiro atoms. The number of nitrogens with one attached hydrogen (secondary N) is 1. The van der Waals surface area contributed by atoms with E-state index in [9.17, 15) is 0 Å². The molecule has 0 atom stereocenters. The number of nitrogen functional groups attached to an aromatic ring is 1. The van der Waals surface area contributed by atoms with Crippen molar-refractivity contribution in [2.45, 2.75) is 13.5 Å². The quantitative estimate of drug-likeness (QED) is 0.846. The minimum Gasteiger partial charge on any atom is -0.481 e. The number of aromatic nitrogens is 3. The molecule has 0 aliphatic carbocycles. The lowest BCUT2D eigenvalue weighted by molar-refractivity contribution is 0.397. The summed E-state index contributed by atoms with van der Waals surface area (Å²) in [5.74, 6) is 1.82. The molecule has 18 heavy (non-hydrogen) atoms. The fourth-order valence-electron chi connectivity index (χ4n) is 1.46. The fraction of sp³-hybridized carbons (Fsp3) is 0.250. The maximum atomic E-state index is 5.71. The zero-order valence-electron chi connectivity index (χ0n) is 10.3. The van der Waals surface area contributed by atoms with Crippen molar-refractivity contribution < 1.29 is 4.74 Å². The second-order valence-corrected chi connectivity index (χ2v) is 3.79. The highest BCUT2D eigenvalue weighted by Gasteiger charge is 2.03. The predicted molar refractivity (Wildman–Crippen MR) is 69.3 cm³/mol. The van der Waals surface area contributed by atoms with E-state index in [2.05, 4.69) is 20.3 Å². The van der Waals surface area contributed by atoms with Gasteiger partial charge in [-0.15, -0.1) is 0 Å². The maximum absolute atomic E-state index is 5.71. The molecule has 0 saturated heterocycles. The Hall–Kier alpha value is -2.37. The fourth-order valence-corrected chi connectivity index (χ4v) is 1.46. The number of ether oxygens (including phenoxy) is 1. The molecule has 0 aliphatic heterocycles. The van der Waals surface area contributed by atoms with Gasteiger partial charge in [0, 0.05) is 24.4 Å². The van der Waals surface area contributed by atoms with Crippen LogP contribution in [-0.4, -0.2) is 22.1 Å². The summed E-state index contributed by atoms with van der Waals surface area (Å²) in [6.07, 6.45) is 3.20. The zero-order chi connectivity index (χ0) is 13.0. The van der Waals surface area contributed by atoms with Crippen LogP contribution in [0.25, 0.3) is 0 Å². The lowest BCUT2D eigenvalue weighted by Gasteiger charge is -2.09. The highest BCUT2D eigenvalue weighted by atomic mass is 16.5. The van der Waals surface area contributed by atoms with Crippen LogP contribution >= 0.6 is 0 Å². The summed E-state index contributed by atoms with van der Waals surface area (Å²) < 4.78 is 5.00. The minimum absolute atomic E-state index is 0.486. The average Bonchev–Trinajstić information content (AvgIpc) is 2.41. The largest absolute Gasteiger partial charge is 0.481 e. The third-order valence-corrected chi connectivity index (χ3v) is 2.59. The number of pyridine rings is 1. The monoisotopic (exact) mass is 245 g/mol. The molecule has 6 heteroatoms. The number of nitrogens with two attached hydrogens (primary N) is 1. The van der Waals surface area contributed by atoms with E-state index < -0.39 is 0 Å². The molecule has 0 unspecified atom stereocenters. The number of hydrogen-bond acceptors (Lipinski definition) is 6. The van der Waals surface area contributed by atoms with E-state index in [1.807, 2.05) is 19.1 Å². The number of hydrogen-bond donors (Lipinski definition) is 2. The van der Waals surface area contributed by atoms with E-state index in [-0.39, 0.29) is 0 Å². The molecule has 2 heterocycles. The molecule has 0 amide bonds. The predicted octanol–water partition coefficient (Wildman–Crippen LogP) is 1.38. The molecule has 0 bridgehead atoms. The summed E-state index contributed by atoms with van der Waals surface area (Å²) >= 11 is 0. The average molecular weight is 245 g/mol. The van der Waals surface area contributed by atoms with Crippen LogP contribution in [0.1, 0.15) is 11.1 Å². The summed E-state index contributed by atoms with van der Waals surface area (Å²) in [5.41, 5.74) is 7.59. The smallest absolute Gasteiger partial charge is 0.212 e. The first-order chi connectivity index (χ1) is 8.70. The lowest BCUT2D eigenvalue weighted by Crippen LogP contribution is -2.06. The van der Waals surface area contributed by atoms with Gasteiger partial charge >= 0.3 is 0 Å². The van der Waals surface area contributed by atoms with Gasteiger partial charge in [-0.25, -0.2) is 15.0 Å². The highest BCUT2D eigenvalue weighted by molar-refractivity contribution is 5.53. The number of anilines is 2. The van der Waals surface area contributed by atoms with Crippen LogP contribution in [0, 0.1) is 6.92 Å². The molecule has 2 aromatic heterocycles. The van der Waals surface area contributed by atoms with Crippen LogP contribution in [-0.2, 0) is 6.54 Å². The Bertz CT molecular complexity index is 526. The van der Waals surface area contributed by atoms with Crippen LogP contribution < -0.4 is 15.8 Å². The summed E-state index contributed by atoms with van der Waals surface area (Å²) in [6.45, 7) is 2.50. The molecular weight excluding hydrogens is 230 g/mol. The first-order valence-electron chi connectivity index (χ1n) is 5.50. The van der Waals surface area contributed by atoms with E-state index in [0.29, 0.717) is 18.2 Å². The highest BCUT2D eigenvalue weighted by Crippen LogP contribution is 2.16. The van der Waals surface area contributed by atoms with Gasteiger partial charge in [0.05, 0.1) is 7.11 Å². The molecule has 6 nitrogen and oxygen atoms in total. The third-order valence-electron chi connectivity index (χ3n) is 2.59. The van der Waals surface area contributed by atoms with Crippen LogP contribution in [0.4, 0.5) is 11.6 Å². The Kier molecular flexibility index (Phi) is 3.57. The Labute approximate surface area is 105 Å². The topological polar surface area (TPSA) is 86.0 Å². The van der Waals surface area contributed by atoms with Crippen LogP contribution in [0.15, 0.2) is 24.7 Å². The molecule has 2 rings (SSSR count). The lowest BCUT2D eigenvalue weighted by atomic mass is 10.2. The number of nitrogens with zero attached hydrogens (tertiary/aromatic N) is 3. The van der Waals surface area contributed by atoms with E-state index in [4.69, 9.17) is 10.5 Å². The van der Waals surface area contributed by atoms with Crippen molar-refractivity contribution >= 4 is 11.6 Å². The van der Waals surface area contributed by atoms with Crippen molar-refractivity contribution in [1.82, 2.24) is 15.0 Å². The molecule has 0 radical (unpaired) electrons. The molecule has 2 aromatic rings. The van der Waals surface area contributed by atoms with Gasteiger partial charge in [0.25, 0.3) is 0 Å². The van der Waals surface area contributed by atoms with Crippen LogP contribution in [0.3, 0.4) is 0 Å². The number of methoxy groups -OCH3 is 1. The molecular formula is C12H15N5O. The van der Waals surface area contributed by atoms with E-state index in [1.54, 1.807) is 13.3 Å². The molecule has 0 fully saturated rings. The van der Waals surface area contributed by atoms with Crippen LogP contribution in [0.5, 0.6) is 5.88 Å². The Balaban J connectivity index is 2.04. The van der Waals surface area contributed by atoms with Crippen molar-refractivity contribution in [1.29, 1.82) is 0 Å². The van der Waals surface area contributed by atoms with Gasteiger partial charge in [-0.05, 0) is 12.5 Å². The maximum Gasteiger partial charge on any atom is 0.212 e. The molecule has 0 aliphatic rings. The zero-order valence-corrected chi connectivity index (χ0v) is 10.3. The van der Waals surface area contributed by atoms with Gasteiger partial charge in [-0.1, -0.05) is 6.07 Å². The Morgan fingerprint density at radius 2 is 2.11 bits per heavy atom. The first kappa shape index (κ1) is 12.1. The van der Waals surface area contributed by atoms with Gasteiger partial charge < -0.3 is 15.8 Å². The van der Waals surface area contributed by atoms with Crippen molar-refractivity contribution in [3.05, 3.63) is 35.8 Å². The van der Waals surface area contributed by atoms with Gasteiger partial charge in [0.1, 0.15) is 18.0 Å².